The van der Waals surface area contributed by atoms with Gasteiger partial charge in [0.15, 0.2) is 0 Å². The Balaban J connectivity index is 1.95. The maximum atomic E-state index is 12.8. The Hall–Kier alpha value is -0.980. The highest BCUT2D eigenvalue weighted by Gasteiger charge is 2.23. The van der Waals surface area contributed by atoms with Crippen molar-refractivity contribution in [2.45, 2.75) is 58.5 Å². The zero-order chi connectivity index (χ0) is 15.6. The van der Waals surface area contributed by atoms with E-state index in [4.69, 9.17) is 0 Å². The molecule has 0 aromatic carbocycles. The zero-order valence-corrected chi connectivity index (χ0v) is 13.8. The highest BCUT2D eigenvalue weighted by atomic mass is 79.9. The SMILES string of the molecule is Cc1c(Br)c(C(F)F)nn1CC(=O)NC1CCC(C)CC1. The molecule has 0 aliphatic heterocycles. The Morgan fingerprint density at radius 1 is 1.43 bits per heavy atom. The van der Waals surface area contributed by atoms with Crippen molar-refractivity contribution in [1.29, 1.82) is 0 Å². The van der Waals surface area contributed by atoms with Gasteiger partial charge in [-0.1, -0.05) is 6.92 Å². The van der Waals surface area contributed by atoms with Gasteiger partial charge in [0.1, 0.15) is 12.2 Å². The molecule has 0 saturated heterocycles. The lowest BCUT2D eigenvalue weighted by atomic mass is 9.87. The Kier molecular flexibility index (Phi) is 5.35. The summed E-state index contributed by atoms with van der Waals surface area (Å²) in [7, 11) is 0. The van der Waals surface area contributed by atoms with Crippen LogP contribution in [0.25, 0.3) is 0 Å². The third kappa shape index (κ3) is 4.02. The number of halogens is 3. The van der Waals surface area contributed by atoms with Gasteiger partial charge >= 0.3 is 0 Å². The smallest absolute Gasteiger partial charge is 0.283 e. The van der Waals surface area contributed by atoms with Crippen LogP contribution in [0.4, 0.5) is 8.78 Å². The van der Waals surface area contributed by atoms with Gasteiger partial charge in [-0.2, -0.15) is 5.10 Å². The average molecular weight is 364 g/mol. The molecule has 0 bridgehead atoms. The van der Waals surface area contributed by atoms with E-state index in [1.165, 1.54) is 4.68 Å². The summed E-state index contributed by atoms with van der Waals surface area (Å²) in [5, 5.41) is 6.78. The molecule has 1 aromatic rings. The van der Waals surface area contributed by atoms with E-state index in [0.29, 0.717) is 5.69 Å². The molecule has 0 unspecified atom stereocenters. The van der Waals surface area contributed by atoms with E-state index in [0.717, 1.165) is 31.6 Å². The molecule has 1 fully saturated rings. The van der Waals surface area contributed by atoms with E-state index in [2.05, 4.69) is 33.3 Å². The maximum absolute atomic E-state index is 12.8. The van der Waals surface area contributed by atoms with Crippen molar-refractivity contribution in [3.8, 4) is 0 Å². The van der Waals surface area contributed by atoms with E-state index in [9.17, 15) is 13.6 Å². The van der Waals surface area contributed by atoms with Gasteiger partial charge in [-0.3, -0.25) is 9.48 Å². The summed E-state index contributed by atoms with van der Waals surface area (Å²) in [4.78, 5) is 12.0. The second-order valence-electron chi connectivity index (χ2n) is 5.77. The van der Waals surface area contributed by atoms with Crippen molar-refractivity contribution in [2.75, 3.05) is 0 Å². The Labute approximate surface area is 131 Å². The van der Waals surface area contributed by atoms with Crippen LogP contribution in [0, 0.1) is 12.8 Å². The minimum absolute atomic E-state index is 0.0246. The lowest BCUT2D eigenvalue weighted by Crippen LogP contribution is -2.39. The lowest BCUT2D eigenvalue weighted by molar-refractivity contribution is -0.122. The zero-order valence-electron chi connectivity index (χ0n) is 12.2. The molecule has 1 aliphatic carbocycles. The van der Waals surface area contributed by atoms with Gasteiger partial charge in [0.2, 0.25) is 5.91 Å². The van der Waals surface area contributed by atoms with Gasteiger partial charge in [-0.15, -0.1) is 0 Å². The highest BCUT2D eigenvalue weighted by Crippen LogP contribution is 2.29. The van der Waals surface area contributed by atoms with Gasteiger partial charge in [0.25, 0.3) is 6.43 Å². The number of nitrogens with zero attached hydrogens (tertiary/aromatic N) is 2. The highest BCUT2D eigenvalue weighted by molar-refractivity contribution is 9.10. The standard InChI is InChI=1S/C14H20BrF2N3O/c1-8-3-5-10(6-4-8)18-11(21)7-20-9(2)12(15)13(19-20)14(16)17/h8,10,14H,3-7H2,1-2H3,(H,18,21). The lowest BCUT2D eigenvalue weighted by Gasteiger charge is -2.26. The van der Waals surface area contributed by atoms with Crippen molar-refractivity contribution in [3.63, 3.8) is 0 Å². The van der Waals surface area contributed by atoms with Crippen LogP contribution < -0.4 is 5.32 Å². The number of hydrogen-bond donors (Lipinski definition) is 1. The quantitative estimate of drug-likeness (QED) is 0.888. The topological polar surface area (TPSA) is 46.9 Å². The van der Waals surface area contributed by atoms with Gasteiger partial charge in [-0.05, 0) is 54.5 Å². The predicted octanol–water partition coefficient (Wildman–Crippen LogP) is 3.59. The van der Waals surface area contributed by atoms with Crippen LogP contribution in [0.15, 0.2) is 4.47 Å². The molecule has 118 valence electrons. The Bertz CT molecular complexity index is 511. The van der Waals surface area contributed by atoms with Crippen molar-refractivity contribution in [3.05, 3.63) is 15.9 Å². The monoisotopic (exact) mass is 363 g/mol. The fourth-order valence-electron chi connectivity index (χ4n) is 2.65. The molecule has 1 aromatic heterocycles. The van der Waals surface area contributed by atoms with E-state index in [-0.39, 0.29) is 28.7 Å². The van der Waals surface area contributed by atoms with E-state index in [1.54, 1.807) is 6.92 Å². The molecule has 0 atom stereocenters. The number of hydrogen-bond acceptors (Lipinski definition) is 2. The van der Waals surface area contributed by atoms with Crippen LogP contribution in [-0.2, 0) is 11.3 Å². The van der Waals surface area contributed by atoms with Crippen LogP contribution >= 0.6 is 15.9 Å². The number of nitrogens with one attached hydrogen (secondary N) is 1. The maximum Gasteiger partial charge on any atom is 0.283 e. The number of rotatable bonds is 4. The second kappa shape index (κ2) is 6.85. The Morgan fingerprint density at radius 2 is 2.05 bits per heavy atom. The number of aromatic nitrogens is 2. The summed E-state index contributed by atoms with van der Waals surface area (Å²) >= 11 is 3.10. The molecule has 21 heavy (non-hydrogen) atoms. The molecule has 0 radical (unpaired) electrons. The van der Waals surface area contributed by atoms with Crippen molar-refractivity contribution in [2.24, 2.45) is 5.92 Å². The summed E-state index contributed by atoms with van der Waals surface area (Å²) in [6.07, 6.45) is 1.55. The molecule has 1 aliphatic rings. The van der Waals surface area contributed by atoms with Crippen molar-refractivity contribution < 1.29 is 13.6 Å². The second-order valence-corrected chi connectivity index (χ2v) is 6.56. The first-order valence-electron chi connectivity index (χ1n) is 7.18. The summed E-state index contributed by atoms with van der Waals surface area (Å²) in [6, 6.07) is 0.197. The fourth-order valence-corrected chi connectivity index (χ4v) is 3.11. The average Bonchev–Trinajstić information content (AvgIpc) is 2.70. The summed E-state index contributed by atoms with van der Waals surface area (Å²) in [6.45, 7) is 3.86. The molecular weight excluding hydrogens is 344 g/mol. The molecule has 1 N–H and O–H groups in total. The van der Waals surface area contributed by atoms with Gasteiger partial charge in [0, 0.05) is 6.04 Å². The minimum Gasteiger partial charge on any atom is -0.352 e. The van der Waals surface area contributed by atoms with Crippen molar-refractivity contribution in [1.82, 2.24) is 15.1 Å². The number of alkyl halides is 2. The fraction of sp³-hybridized carbons (Fsp3) is 0.714. The normalized spacial score (nSPS) is 22.6. The molecule has 1 saturated carbocycles. The van der Waals surface area contributed by atoms with Crippen LogP contribution in [0.1, 0.15) is 50.4 Å². The van der Waals surface area contributed by atoms with E-state index in [1.807, 2.05) is 0 Å². The molecule has 4 nitrogen and oxygen atoms in total. The molecule has 1 amide bonds. The van der Waals surface area contributed by atoms with Crippen LogP contribution in [0.5, 0.6) is 0 Å². The van der Waals surface area contributed by atoms with Crippen molar-refractivity contribution >= 4 is 21.8 Å². The summed E-state index contributed by atoms with van der Waals surface area (Å²) in [5.74, 6) is 0.546. The summed E-state index contributed by atoms with van der Waals surface area (Å²) < 4.78 is 27.1. The van der Waals surface area contributed by atoms with Crippen LogP contribution in [-0.4, -0.2) is 21.7 Å². The van der Waals surface area contributed by atoms with Gasteiger partial charge in [-0.25, -0.2) is 8.78 Å². The minimum atomic E-state index is -2.65. The first-order chi connectivity index (χ1) is 9.88. The van der Waals surface area contributed by atoms with E-state index >= 15 is 0 Å². The molecule has 2 rings (SSSR count). The largest absolute Gasteiger partial charge is 0.352 e. The number of carbonyl (C=O) groups excluding carboxylic acids is 1. The van der Waals surface area contributed by atoms with Crippen LogP contribution in [0.3, 0.4) is 0 Å². The number of carbonyl (C=O) groups is 1. The molecule has 1 heterocycles. The first kappa shape index (κ1) is 16.4. The Morgan fingerprint density at radius 3 is 2.57 bits per heavy atom. The molecular formula is C14H20BrF2N3O. The molecule has 0 spiro atoms. The molecule has 7 heteroatoms. The predicted molar refractivity (Wildman–Crippen MR) is 79.2 cm³/mol. The van der Waals surface area contributed by atoms with Crippen LogP contribution in [0.2, 0.25) is 0 Å². The first-order valence-corrected chi connectivity index (χ1v) is 7.98. The van der Waals surface area contributed by atoms with Gasteiger partial charge < -0.3 is 5.32 Å². The van der Waals surface area contributed by atoms with E-state index < -0.39 is 6.43 Å². The third-order valence-electron chi connectivity index (χ3n) is 4.04. The third-order valence-corrected chi connectivity index (χ3v) is 5.02. The summed E-state index contributed by atoms with van der Waals surface area (Å²) in [5.41, 5.74) is 0.226. The van der Waals surface area contributed by atoms with Gasteiger partial charge in [0.05, 0.1) is 10.2 Å². The number of amides is 1.